The summed E-state index contributed by atoms with van der Waals surface area (Å²) in [4.78, 5) is 10.2. The summed E-state index contributed by atoms with van der Waals surface area (Å²) in [5, 5.41) is 15.2. The zero-order valence-corrected chi connectivity index (χ0v) is 16.2. The zero-order valence-electron chi connectivity index (χ0n) is 15.4. The molecule has 0 atom stereocenters. The number of rotatable bonds is 9. The fraction of sp³-hybridized carbons (Fsp3) is 0.316. The number of hydrogen-bond acceptors (Lipinski definition) is 6. The van der Waals surface area contributed by atoms with Crippen LogP contribution in [0.1, 0.15) is 26.3 Å². The molecule has 0 aliphatic heterocycles. The lowest BCUT2D eigenvalue weighted by Gasteiger charge is -2.15. The van der Waals surface area contributed by atoms with Gasteiger partial charge in [-0.2, -0.15) is 5.10 Å². The van der Waals surface area contributed by atoms with Gasteiger partial charge in [-0.3, -0.25) is 15.5 Å². The molecule has 7 nitrogen and oxygen atoms in total. The van der Waals surface area contributed by atoms with E-state index in [1.807, 2.05) is 6.92 Å². The number of non-ortho nitro benzene ring substituents is 1. The summed E-state index contributed by atoms with van der Waals surface area (Å²) in [7, 11) is 0. The van der Waals surface area contributed by atoms with Gasteiger partial charge in [0.1, 0.15) is 0 Å². The predicted octanol–water partition coefficient (Wildman–Crippen LogP) is 5.13. The lowest BCUT2D eigenvalue weighted by molar-refractivity contribution is -0.384. The minimum Gasteiger partial charge on any atom is -0.490 e. The van der Waals surface area contributed by atoms with E-state index in [2.05, 4.69) is 24.4 Å². The van der Waals surface area contributed by atoms with Gasteiger partial charge < -0.3 is 9.47 Å². The molecular formula is C19H22ClN3O4. The molecule has 0 heterocycles. The van der Waals surface area contributed by atoms with Crippen LogP contribution in [0.4, 0.5) is 11.4 Å². The molecule has 0 aliphatic carbocycles. The smallest absolute Gasteiger partial charge is 0.269 e. The van der Waals surface area contributed by atoms with Gasteiger partial charge >= 0.3 is 0 Å². The third-order valence-corrected chi connectivity index (χ3v) is 3.66. The average Bonchev–Trinajstić information content (AvgIpc) is 2.61. The molecule has 2 rings (SSSR count). The standard InChI is InChI=1S/C19H22ClN3O4/c1-4-26-18-10-14(9-17(20)19(18)27-12-13(2)3)11-21-22-15-5-7-16(8-6-15)23(24)25/h5-11,13,22H,4,12H2,1-3H3/b21-11+. The summed E-state index contributed by atoms with van der Waals surface area (Å²) in [5.74, 6) is 1.44. The van der Waals surface area contributed by atoms with Gasteiger partial charge in [0.15, 0.2) is 11.5 Å². The van der Waals surface area contributed by atoms with Crippen LogP contribution in [0.2, 0.25) is 5.02 Å². The number of ether oxygens (including phenoxy) is 2. The van der Waals surface area contributed by atoms with Crippen LogP contribution in [0.15, 0.2) is 41.5 Å². The number of anilines is 1. The van der Waals surface area contributed by atoms with Crippen molar-refractivity contribution in [3.05, 3.63) is 57.1 Å². The first kappa shape index (κ1) is 20.5. The highest BCUT2D eigenvalue weighted by molar-refractivity contribution is 6.32. The first-order valence-electron chi connectivity index (χ1n) is 8.53. The van der Waals surface area contributed by atoms with Crippen molar-refractivity contribution in [3.63, 3.8) is 0 Å². The van der Waals surface area contributed by atoms with Crippen LogP contribution in [0.5, 0.6) is 11.5 Å². The van der Waals surface area contributed by atoms with Gasteiger partial charge in [-0.25, -0.2) is 0 Å². The van der Waals surface area contributed by atoms with Crippen LogP contribution < -0.4 is 14.9 Å². The van der Waals surface area contributed by atoms with E-state index in [9.17, 15) is 10.1 Å². The average molecular weight is 392 g/mol. The van der Waals surface area contributed by atoms with E-state index in [4.69, 9.17) is 21.1 Å². The number of nitrogens with one attached hydrogen (secondary N) is 1. The SMILES string of the molecule is CCOc1cc(/C=N/Nc2ccc([N+](=O)[O-])cc2)cc(Cl)c1OCC(C)C. The van der Waals surface area contributed by atoms with Crippen LogP contribution in [-0.2, 0) is 0 Å². The Hall–Kier alpha value is -2.80. The van der Waals surface area contributed by atoms with E-state index in [-0.39, 0.29) is 5.69 Å². The van der Waals surface area contributed by atoms with Crippen LogP contribution in [0.3, 0.4) is 0 Å². The second-order valence-electron chi connectivity index (χ2n) is 6.14. The van der Waals surface area contributed by atoms with Gasteiger partial charge in [-0.15, -0.1) is 0 Å². The van der Waals surface area contributed by atoms with Crippen LogP contribution in [-0.4, -0.2) is 24.4 Å². The monoisotopic (exact) mass is 391 g/mol. The molecule has 0 radical (unpaired) electrons. The lowest BCUT2D eigenvalue weighted by Crippen LogP contribution is -2.07. The molecule has 144 valence electrons. The third-order valence-electron chi connectivity index (χ3n) is 3.38. The van der Waals surface area contributed by atoms with E-state index < -0.39 is 4.92 Å². The summed E-state index contributed by atoms with van der Waals surface area (Å²) in [5.41, 5.74) is 4.20. The molecule has 0 unspecified atom stereocenters. The van der Waals surface area contributed by atoms with Crippen molar-refractivity contribution in [2.24, 2.45) is 11.0 Å². The lowest BCUT2D eigenvalue weighted by atomic mass is 10.2. The van der Waals surface area contributed by atoms with Crippen molar-refractivity contribution in [3.8, 4) is 11.5 Å². The van der Waals surface area contributed by atoms with Gasteiger partial charge in [0.2, 0.25) is 0 Å². The number of benzene rings is 2. The molecule has 2 aromatic rings. The minimum absolute atomic E-state index is 0.0228. The minimum atomic E-state index is -0.451. The molecule has 0 bridgehead atoms. The topological polar surface area (TPSA) is 86.0 Å². The quantitative estimate of drug-likeness (QED) is 0.364. The Bertz CT molecular complexity index is 807. The molecule has 1 N–H and O–H groups in total. The third kappa shape index (κ3) is 6.14. The summed E-state index contributed by atoms with van der Waals surface area (Å²) >= 11 is 6.35. The fourth-order valence-corrected chi connectivity index (χ4v) is 2.43. The Kier molecular flexibility index (Phi) is 7.43. The number of hydrazone groups is 1. The maximum absolute atomic E-state index is 10.7. The summed E-state index contributed by atoms with van der Waals surface area (Å²) in [6.07, 6.45) is 1.59. The number of nitro benzene ring substituents is 1. The second kappa shape index (κ2) is 9.78. The van der Waals surface area contributed by atoms with Gasteiger partial charge in [0, 0.05) is 12.1 Å². The highest BCUT2D eigenvalue weighted by Crippen LogP contribution is 2.36. The van der Waals surface area contributed by atoms with E-state index in [0.717, 1.165) is 5.56 Å². The largest absolute Gasteiger partial charge is 0.490 e. The maximum Gasteiger partial charge on any atom is 0.269 e. The van der Waals surface area contributed by atoms with Gasteiger partial charge in [-0.05, 0) is 42.7 Å². The Morgan fingerprint density at radius 3 is 2.56 bits per heavy atom. The number of hydrogen-bond donors (Lipinski definition) is 1. The Labute approximate surface area is 163 Å². The fourth-order valence-electron chi connectivity index (χ4n) is 2.15. The number of halogens is 1. The summed E-state index contributed by atoms with van der Waals surface area (Å²) < 4.78 is 11.4. The molecule has 27 heavy (non-hydrogen) atoms. The van der Waals surface area contributed by atoms with Gasteiger partial charge in [0.25, 0.3) is 5.69 Å². The Morgan fingerprint density at radius 1 is 1.26 bits per heavy atom. The predicted molar refractivity (Wildman–Crippen MR) is 107 cm³/mol. The van der Waals surface area contributed by atoms with E-state index in [1.54, 1.807) is 30.5 Å². The van der Waals surface area contributed by atoms with Crippen LogP contribution in [0.25, 0.3) is 0 Å². The van der Waals surface area contributed by atoms with Crippen molar-refractivity contribution in [2.75, 3.05) is 18.6 Å². The number of nitrogens with zero attached hydrogens (tertiary/aromatic N) is 2. The second-order valence-corrected chi connectivity index (χ2v) is 6.55. The molecule has 0 aromatic heterocycles. The molecule has 0 saturated heterocycles. The molecule has 2 aromatic carbocycles. The Balaban J connectivity index is 2.12. The number of nitro groups is 1. The van der Waals surface area contributed by atoms with E-state index >= 15 is 0 Å². The molecule has 8 heteroatoms. The molecule has 0 amide bonds. The van der Waals surface area contributed by atoms with Crippen molar-refractivity contribution in [1.29, 1.82) is 0 Å². The normalized spacial score (nSPS) is 11.0. The molecular weight excluding hydrogens is 370 g/mol. The van der Waals surface area contributed by atoms with Gasteiger partial charge in [0.05, 0.1) is 35.1 Å². The van der Waals surface area contributed by atoms with E-state index in [0.29, 0.717) is 41.3 Å². The van der Waals surface area contributed by atoms with E-state index in [1.165, 1.54) is 12.1 Å². The highest BCUT2D eigenvalue weighted by atomic mass is 35.5. The molecule has 0 fully saturated rings. The van der Waals surface area contributed by atoms with Crippen LogP contribution >= 0.6 is 11.6 Å². The van der Waals surface area contributed by atoms with Gasteiger partial charge in [-0.1, -0.05) is 25.4 Å². The summed E-state index contributed by atoms with van der Waals surface area (Å²) in [6.45, 7) is 7.01. The molecule has 0 aliphatic rings. The first-order valence-corrected chi connectivity index (χ1v) is 8.91. The molecule has 0 saturated carbocycles. The Morgan fingerprint density at radius 2 is 1.96 bits per heavy atom. The summed E-state index contributed by atoms with van der Waals surface area (Å²) in [6, 6.07) is 9.51. The highest BCUT2D eigenvalue weighted by Gasteiger charge is 2.13. The molecule has 0 spiro atoms. The van der Waals surface area contributed by atoms with Crippen LogP contribution in [0, 0.1) is 16.0 Å². The van der Waals surface area contributed by atoms with Crippen molar-refractivity contribution in [2.45, 2.75) is 20.8 Å². The maximum atomic E-state index is 10.7. The van der Waals surface area contributed by atoms with Crippen molar-refractivity contribution in [1.82, 2.24) is 0 Å². The van der Waals surface area contributed by atoms with Crippen molar-refractivity contribution >= 4 is 29.2 Å². The first-order chi connectivity index (χ1) is 12.9. The van der Waals surface area contributed by atoms with Crippen molar-refractivity contribution < 1.29 is 14.4 Å². The zero-order chi connectivity index (χ0) is 19.8.